The highest BCUT2D eigenvalue weighted by Crippen LogP contribution is 2.37. The van der Waals surface area contributed by atoms with Crippen LogP contribution >= 0.6 is 11.6 Å². The van der Waals surface area contributed by atoms with Crippen molar-refractivity contribution in [1.82, 2.24) is 0 Å². The van der Waals surface area contributed by atoms with Gasteiger partial charge in [0.15, 0.2) is 0 Å². The summed E-state index contributed by atoms with van der Waals surface area (Å²) in [6, 6.07) is 3.57. The van der Waals surface area contributed by atoms with Crippen LogP contribution in [-0.2, 0) is 0 Å². The Morgan fingerprint density at radius 2 is 1.94 bits per heavy atom. The van der Waals surface area contributed by atoms with Gasteiger partial charge in [0.2, 0.25) is 0 Å². The van der Waals surface area contributed by atoms with Gasteiger partial charge < -0.3 is 19.9 Å². The van der Waals surface area contributed by atoms with Gasteiger partial charge in [0.1, 0.15) is 11.5 Å². The van der Waals surface area contributed by atoms with E-state index in [9.17, 15) is 5.11 Å². The third kappa shape index (κ3) is 2.65. The summed E-state index contributed by atoms with van der Waals surface area (Å²) in [5.41, 5.74) is 0.796. The second-order valence-corrected chi connectivity index (χ2v) is 4.84. The van der Waals surface area contributed by atoms with Gasteiger partial charge in [0, 0.05) is 12.1 Å². The Morgan fingerprint density at radius 1 is 1.22 bits per heavy atom. The molecular weight excluding hydrogens is 254 g/mol. The standard InChI is InChI=1S/C13H18ClNO3/c1-17-12-7-10(13(18-2)6-8(12)14)15-9-4-3-5-11(9)16/h6-7,9,11,15-16H,3-5H2,1-2H3/t9-,11-/m1/s1. The van der Waals surface area contributed by atoms with Crippen LogP contribution in [0.3, 0.4) is 0 Å². The Balaban J connectivity index is 2.24. The van der Waals surface area contributed by atoms with E-state index in [0.29, 0.717) is 16.5 Å². The minimum absolute atomic E-state index is 0.0600. The third-order valence-corrected chi connectivity index (χ3v) is 3.59. The number of aliphatic hydroxyl groups excluding tert-OH is 1. The van der Waals surface area contributed by atoms with Crippen molar-refractivity contribution in [3.05, 3.63) is 17.2 Å². The van der Waals surface area contributed by atoms with Crippen LogP contribution in [0.5, 0.6) is 11.5 Å². The van der Waals surface area contributed by atoms with E-state index in [4.69, 9.17) is 21.1 Å². The van der Waals surface area contributed by atoms with Gasteiger partial charge in [-0.2, -0.15) is 0 Å². The molecule has 18 heavy (non-hydrogen) atoms. The highest BCUT2D eigenvalue weighted by atomic mass is 35.5. The second kappa shape index (κ2) is 5.67. The topological polar surface area (TPSA) is 50.7 Å². The monoisotopic (exact) mass is 271 g/mol. The number of methoxy groups -OCH3 is 2. The van der Waals surface area contributed by atoms with Crippen molar-refractivity contribution in [1.29, 1.82) is 0 Å². The average Bonchev–Trinajstić information content (AvgIpc) is 2.76. The minimum atomic E-state index is -0.309. The molecule has 2 N–H and O–H groups in total. The van der Waals surface area contributed by atoms with Crippen LogP contribution in [0.25, 0.3) is 0 Å². The first-order valence-corrected chi connectivity index (χ1v) is 6.39. The van der Waals surface area contributed by atoms with Gasteiger partial charge in [-0.25, -0.2) is 0 Å². The lowest BCUT2D eigenvalue weighted by atomic mass is 10.2. The van der Waals surface area contributed by atoms with E-state index in [0.717, 1.165) is 24.9 Å². The number of rotatable bonds is 4. The normalized spacial score (nSPS) is 22.9. The molecule has 0 amide bonds. The van der Waals surface area contributed by atoms with E-state index in [2.05, 4.69) is 5.32 Å². The zero-order chi connectivity index (χ0) is 13.1. The lowest BCUT2D eigenvalue weighted by Gasteiger charge is -2.20. The maximum atomic E-state index is 9.83. The fraction of sp³-hybridized carbons (Fsp3) is 0.538. The van der Waals surface area contributed by atoms with E-state index < -0.39 is 0 Å². The van der Waals surface area contributed by atoms with Crippen LogP contribution in [0.1, 0.15) is 19.3 Å². The highest BCUT2D eigenvalue weighted by Gasteiger charge is 2.26. The zero-order valence-electron chi connectivity index (χ0n) is 10.6. The first-order chi connectivity index (χ1) is 8.65. The Hall–Kier alpha value is -1.13. The molecule has 0 unspecified atom stereocenters. The molecule has 0 radical (unpaired) electrons. The van der Waals surface area contributed by atoms with Crippen LogP contribution in [0, 0.1) is 0 Å². The summed E-state index contributed by atoms with van der Waals surface area (Å²) in [4.78, 5) is 0. The maximum absolute atomic E-state index is 9.83. The van der Waals surface area contributed by atoms with Crippen LogP contribution in [0.2, 0.25) is 5.02 Å². The van der Waals surface area contributed by atoms with Crippen molar-refractivity contribution < 1.29 is 14.6 Å². The largest absolute Gasteiger partial charge is 0.495 e. The lowest BCUT2D eigenvalue weighted by Crippen LogP contribution is -2.28. The van der Waals surface area contributed by atoms with Crippen molar-refractivity contribution in [3.63, 3.8) is 0 Å². The van der Waals surface area contributed by atoms with Crippen LogP contribution in [0.4, 0.5) is 5.69 Å². The minimum Gasteiger partial charge on any atom is -0.495 e. The summed E-state index contributed by atoms with van der Waals surface area (Å²) in [7, 11) is 3.16. The van der Waals surface area contributed by atoms with Crippen molar-refractivity contribution in [2.45, 2.75) is 31.4 Å². The zero-order valence-corrected chi connectivity index (χ0v) is 11.3. The number of ether oxygens (including phenoxy) is 2. The first kappa shape index (κ1) is 13.3. The third-order valence-electron chi connectivity index (χ3n) is 3.29. The molecule has 4 nitrogen and oxygen atoms in total. The molecule has 1 saturated carbocycles. The van der Waals surface area contributed by atoms with Gasteiger partial charge in [-0.05, 0) is 19.3 Å². The van der Waals surface area contributed by atoms with Crippen molar-refractivity contribution in [2.24, 2.45) is 0 Å². The molecule has 100 valence electrons. The van der Waals surface area contributed by atoms with Gasteiger partial charge in [0.25, 0.3) is 0 Å². The number of anilines is 1. The van der Waals surface area contributed by atoms with Crippen LogP contribution < -0.4 is 14.8 Å². The molecular formula is C13H18ClNO3. The molecule has 0 saturated heterocycles. The molecule has 0 spiro atoms. The Bertz CT molecular complexity index is 425. The summed E-state index contributed by atoms with van der Waals surface area (Å²) < 4.78 is 10.5. The Morgan fingerprint density at radius 3 is 2.50 bits per heavy atom. The number of aliphatic hydroxyl groups is 1. The molecule has 0 aromatic heterocycles. The van der Waals surface area contributed by atoms with Gasteiger partial charge in [-0.15, -0.1) is 0 Å². The number of nitrogens with one attached hydrogen (secondary N) is 1. The average molecular weight is 272 g/mol. The van der Waals surface area contributed by atoms with Crippen molar-refractivity contribution >= 4 is 17.3 Å². The summed E-state index contributed by atoms with van der Waals surface area (Å²) in [6.07, 6.45) is 2.52. The van der Waals surface area contributed by atoms with E-state index in [1.165, 1.54) is 0 Å². The van der Waals surface area contributed by atoms with Gasteiger partial charge >= 0.3 is 0 Å². The highest BCUT2D eigenvalue weighted by molar-refractivity contribution is 6.32. The lowest BCUT2D eigenvalue weighted by molar-refractivity contribution is 0.171. The van der Waals surface area contributed by atoms with E-state index in [1.54, 1.807) is 26.4 Å². The molecule has 0 heterocycles. The fourth-order valence-corrected chi connectivity index (χ4v) is 2.51. The summed E-state index contributed by atoms with van der Waals surface area (Å²) in [6.45, 7) is 0. The van der Waals surface area contributed by atoms with Crippen molar-refractivity contribution in [3.8, 4) is 11.5 Å². The quantitative estimate of drug-likeness (QED) is 0.884. The van der Waals surface area contributed by atoms with E-state index >= 15 is 0 Å². The Kier molecular flexibility index (Phi) is 4.19. The molecule has 0 bridgehead atoms. The number of benzene rings is 1. The molecule has 1 fully saturated rings. The molecule has 5 heteroatoms. The number of hydrogen-bond donors (Lipinski definition) is 2. The predicted molar refractivity (Wildman–Crippen MR) is 71.8 cm³/mol. The number of hydrogen-bond acceptors (Lipinski definition) is 4. The second-order valence-electron chi connectivity index (χ2n) is 4.44. The smallest absolute Gasteiger partial charge is 0.143 e. The SMILES string of the molecule is COc1cc(N[C@@H]2CCC[C@H]2O)c(OC)cc1Cl. The van der Waals surface area contributed by atoms with Gasteiger partial charge in [-0.1, -0.05) is 11.6 Å². The van der Waals surface area contributed by atoms with Gasteiger partial charge in [0.05, 0.1) is 37.1 Å². The summed E-state index contributed by atoms with van der Waals surface area (Å²) in [5, 5.41) is 13.6. The summed E-state index contributed by atoms with van der Waals surface area (Å²) in [5.74, 6) is 1.24. The molecule has 1 aliphatic rings. The molecule has 1 aliphatic carbocycles. The predicted octanol–water partition coefficient (Wildman–Crippen LogP) is 2.68. The first-order valence-electron chi connectivity index (χ1n) is 6.02. The fourth-order valence-electron chi connectivity index (χ4n) is 2.28. The van der Waals surface area contributed by atoms with Gasteiger partial charge in [-0.3, -0.25) is 0 Å². The molecule has 0 aliphatic heterocycles. The van der Waals surface area contributed by atoms with E-state index in [1.807, 2.05) is 0 Å². The van der Waals surface area contributed by atoms with Crippen LogP contribution in [0.15, 0.2) is 12.1 Å². The molecule has 2 rings (SSSR count). The Labute approximate surface area is 112 Å². The maximum Gasteiger partial charge on any atom is 0.143 e. The molecule has 1 aromatic carbocycles. The van der Waals surface area contributed by atoms with Crippen molar-refractivity contribution in [2.75, 3.05) is 19.5 Å². The van der Waals surface area contributed by atoms with E-state index in [-0.39, 0.29) is 12.1 Å². The van der Waals surface area contributed by atoms with Crippen LogP contribution in [-0.4, -0.2) is 31.5 Å². The number of halogens is 1. The summed E-state index contributed by atoms with van der Waals surface area (Å²) >= 11 is 6.04. The molecule has 2 atom stereocenters. The molecule has 1 aromatic rings.